The summed E-state index contributed by atoms with van der Waals surface area (Å²) < 4.78 is 0. The third-order valence-electron chi connectivity index (χ3n) is 4.81. The zero-order valence-corrected chi connectivity index (χ0v) is 14.2. The molecule has 0 aliphatic carbocycles. The maximum atomic E-state index is 2.34. The van der Waals surface area contributed by atoms with Crippen molar-refractivity contribution in [2.75, 3.05) is 0 Å². The normalized spacial score (nSPS) is 11.1. The fourth-order valence-electron chi connectivity index (χ4n) is 3.36. The van der Waals surface area contributed by atoms with Crippen LogP contribution < -0.4 is 0 Å². The Hall–Kier alpha value is -2.08. The van der Waals surface area contributed by atoms with Gasteiger partial charge in [-0.3, -0.25) is 0 Å². The van der Waals surface area contributed by atoms with Gasteiger partial charge >= 0.3 is 0 Å². The Morgan fingerprint density at radius 2 is 1.45 bits per heavy atom. The molecule has 0 aliphatic rings. The van der Waals surface area contributed by atoms with Crippen LogP contribution in [0.15, 0.2) is 42.5 Å². The molecule has 0 unspecified atom stereocenters. The number of rotatable bonds is 2. The molecule has 0 N–H and O–H groups in total. The van der Waals surface area contributed by atoms with Crippen molar-refractivity contribution in [1.82, 2.24) is 0 Å². The molecule has 0 bridgehead atoms. The summed E-state index contributed by atoms with van der Waals surface area (Å²) >= 11 is 0. The number of benzene rings is 3. The lowest BCUT2D eigenvalue weighted by molar-refractivity contribution is 1.12. The number of aryl methyl sites for hydroxylation is 4. The molecular formula is C22H24. The summed E-state index contributed by atoms with van der Waals surface area (Å²) in [6.45, 7) is 11.0. The lowest BCUT2D eigenvalue weighted by Gasteiger charge is -2.15. The number of hydrogen-bond donors (Lipinski definition) is 0. The smallest absolute Gasteiger partial charge is 0.00142 e. The molecule has 3 rings (SSSR count). The maximum absolute atomic E-state index is 2.34. The van der Waals surface area contributed by atoms with Gasteiger partial charge in [-0.25, -0.2) is 0 Å². The third-order valence-corrected chi connectivity index (χ3v) is 4.81. The van der Waals surface area contributed by atoms with Crippen LogP contribution in [0.25, 0.3) is 10.8 Å². The summed E-state index contributed by atoms with van der Waals surface area (Å²) in [5.74, 6) is 0. The van der Waals surface area contributed by atoms with E-state index in [4.69, 9.17) is 0 Å². The first-order valence-corrected chi connectivity index (χ1v) is 8.01. The standard InChI is InChI=1S/C22H24/c1-14-6-9-21-19(11-14)8-7-16(3)22(21)13-20-12-15(2)10-17(4)18(20)5/h6-12H,13H2,1-5H3. The van der Waals surface area contributed by atoms with Gasteiger partial charge in [-0.05, 0) is 79.6 Å². The van der Waals surface area contributed by atoms with Crippen LogP contribution in [0.2, 0.25) is 0 Å². The molecule has 0 atom stereocenters. The van der Waals surface area contributed by atoms with Gasteiger partial charge in [-0.15, -0.1) is 0 Å². The van der Waals surface area contributed by atoms with Gasteiger partial charge in [0.25, 0.3) is 0 Å². The van der Waals surface area contributed by atoms with Crippen LogP contribution in [0, 0.1) is 34.6 Å². The van der Waals surface area contributed by atoms with E-state index in [2.05, 4.69) is 77.1 Å². The Morgan fingerprint density at radius 3 is 2.23 bits per heavy atom. The van der Waals surface area contributed by atoms with E-state index in [1.165, 1.54) is 49.7 Å². The molecule has 22 heavy (non-hydrogen) atoms. The van der Waals surface area contributed by atoms with Crippen LogP contribution in [-0.2, 0) is 6.42 Å². The number of fused-ring (bicyclic) bond motifs is 1. The molecular weight excluding hydrogens is 264 g/mol. The summed E-state index contributed by atoms with van der Waals surface area (Å²) in [5, 5.41) is 2.74. The predicted octanol–water partition coefficient (Wildman–Crippen LogP) is 5.97. The Morgan fingerprint density at radius 1 is 0.682 bits per heavy atom. The highest BCUT2D eigenvalue weighted by Gasteiger charge is 2.09. The van der Waals surface area contributed by atoms with Crippen LogP contribution in [0.3, 0.4) is 0 Å². The number of hydrogen-bond acceptors (Lipinski definition) is 0. The molecule has 0 fully saturated rings. The molecule has 0 saturated carbocycles. The van der Waals surface area contributed by atoms with Gasteiger partial charge in [-0.2, -0.15) is 0 Å². The third kappa shape index (κ3) is 2.66. The van der Waals surface area contributed by atoms with E-state index >= 15 is 0 Å². The van der Waals surface area contributed by atoms with E-state index in [0.29, 0.717) is 0 Å². The average Bonchev–Trinajstić information content (AvgIpc) is 2.47. The summed E-state index contributed by atoms with van der Waals surface area (Å²) in [4.78, 5) is 0. The van der Waals surface area contributed by atoms with Crippen molar-refractivity contribution >= 4 is 10.8 Å². The van der Waals surface area contributed by atoms with Crippen LogP contribution in [0.5, 0.6) is 0 Å². The molecule has 0 spiro atoms. The zero-order chi connectivity index (χ0) is 15.9. The first-order chi connectivity index (χ1) is 10.5. The summed E-state index contributed by atoms with van der Waals surface area (Å²) in [6, 6.07) is 15.9. The monoisotopic (exact) mass is 288 g/mol. The Kier molecular flexibility index (Phi) is 3.78. The van der Waals surface area contributed by atoms with Gasteiger partial charge in [-0.1, -0.05) is 53.6 Å². The molecule has 0 nitrogen and oxygen atoms in total. The fourth-order valence-corrected chi connectivity index (χ4v) is 3.36. The minimum atomic E-state index is 1.01. The van der Waals surface area contributed by atoms with E-state index in [0.717, 1.165) is 6.42 Å². The van der Waals surface area contributed by atoms with Crippen molar-refractivity contribution in [2.24, 2.45) is 0 Å². The molecule has 0 aliphatic heterocycles. The Balaban J connectivity index is 2.17. The van der Waals surface area contributed by atoms with E-state index in [9.17, 15) is 0 Å². The van der Waals surface area contributed by atoms with Crippen LogP contribution in [0.4, 0.5) is 0 Å². The van der Waals surface area contributed by atoms with Crippen molar-refractivity contribution in [2.45, 2.75) is 41.0 Å². The second-order valence-electron chi connectivity index (χ2n) is 6.63. The van der Waals surface area contributed by atoms with Gasteiger partial charge in [0.15, 0.2) is 0 Å². The Bertz CT molecular complexity index is 854. The van der Waals surface area contributed by atoms with Crippen molar-refractivity contribution in [3.05, 3.63) is 81.4 Å². The molecule has 0 aromatic heterocycles. The minimum absolute atomic E-state index is 1.01. The molecule has 0 heteroatoms. The largest absolute Gasteiger partial charge is 0.0587 e. The van der Waals surface area contributed by atoms with Crippen LogP contribution >= 0.6 is 0 Å². The van der Waals surface area contributed by atoms with Crippen molar-refractivity contribution in [3.8, 4) is 0 Å². The zero-order valence-electron chi connectivity index (χ0n) is 14.2. The Labute approximate surface area is 133 Å². The van der Waals surface area contributed by atoms with Gasteiger partial charge in [0.1, 0.15) is 0 Å². The van der Waals surface area contributed by atoms with Gasteiger partial charge < -0.3 is 0 Å². The van der Waals surface area contributed by atoms with Crippen molar-refractivity contribution < 1.29 is 0 Å². The predicted molar refractivity (Wildman–Crippen MR) is 96.9 cm³/mol. The topological polar surface area (TPSA) is 0 Å². The van der Waals surface area contributed by atoms with Gasteiger partial charge in [0.05, 0.1) is 0 Å². The van der Waals surface area contributed by atoms with Crippen molar-refractivity contribution in [1.29, 1.82) is 0 Å². The highest BCUT2D eigenvalue weighted by Crippen LogP contribution is 2.27. The van der Waals surface area contributed by atoms with E-state index in [1.807, 2.05) is 0 Å². The van der Waals surface area contributed by atoms with E-state index in [1.54, 1.807) is 0 Å². The summed E-state index contributed by atoms with van der Waals surface area (Å²) in [7, 11) is 0. The summed E-state index contributed by atoms with van der Waals surface area (Å²) in [6.07, 6.45) is 1.01. The molecule has 112 valence electrons. The molecule has 3 aromatic rings. The molecule has 0 radical (unpaired) electrons. The average molecular weight is 288 g/mol. The van der Waals surface area contributed by atoms with Gasteiger partial charge in [0, 0.05) is 0 Å². The molecule has 0 heterocycles. The second-order valence-corrected chi connectivity index (χ2v) is 6.63. The minimum Gasteiger partial charge on any atom is -0.0587 e. The lowest BCUT2D eigenvalue weighted by Crippen LogP contribution is -1.99. The first-order valence-electron chi connectivity index (χ1n) is 8.01. The molecule has 0 amide bonds. The second kappa shape index (κ2) is 5.61. The van der Waals surface area contributed by atoms with Crippen LogP contribution in [0.1, 0.15) is 38.9 Å². The SMILES string of the molecule is Cc1cc(C)c(C)c(Cc2c(C)ccc3cc(C)ccc23)c1. The van der Waals surface area contributed by atoms with Gasteiger partial charge in [0.2, 0.25) is 0 Å². The first kappa shape index (κ1) is 14.8. The summed E-state index contributed by atoms with van der Waals surface area (Å²) in [5.41, 5.74) is 9.80. The quantitative estimate of drug-likeness (QED) is 0.544. The maximum Gasteiger partial charge on any atom is -0.00142 e. The lowest BCUT2D eigenvalue weighted by atomic mass is 9.90. The van der Waals surface area contributed by atoms with E-state index < -0.39 is 0 Å². The highest BCUT2D eigenvalue weighted by molar-refractivity contribution is 5.87. The highest BCUT2D eigenvalue weighted by atomic mass is 14.1. The van der Waals surface area contributed by atoms with Crippen molar-refractivity contribution in [3.63, 3.8) is 0 Å². The van der Waals surface area contributed by atoms with Crippen LogP contribution in [-0.4, -0.2) is 0 Å². The fraction of sp³-hybridized carbons (Fsp3) is 0.273. The van der Waals surface area contributed by atoms with E-state index in [-0.39, 0.29) is 0 Å². The molecule has 0 saturated heterocycles. The molecule has 3 aromatic carbocycles.